The summed E-state index contributed by atoms with van der Waals surface area (Å²) in [5, 5.41) is 4.58. The van der Waals surface area contributed by atoms with Crippen LogP contribution in [-0.2, 0) is 7.67 Å². The van der Waals surface area contributed by atoms with Gasteiger partial charge in [-0.25, -0.2) is 0 Å². The second-order valence-electron chi connectivity index (χ2n) is 0.928. The molecule has 0 aromatic carbocycles. The van der Waals surface area contributed by atoms with E-state index in [-0.39, 0.29) is 5.96 Å². The van der Waals surface area contributed by atoms with E-state index in [0.717, 1.165) is 0 Å². The standard InChI is InChI=1S/CH5N3.H2O4Se/c2-1(3)4;1-5(2,3)4/h(H5,2,3,4);(H2,1,2,3,4). The Balaban J connectivity index is 0. The van der Waals surface area contributed by atoms with Gasteiger partial charge in [0.05, 0.1) is 0 Å². The van der Waals surface area contributed by atoms with Crippen molar-refractivity contribution in [2.45, 2.75) is 0 Å². The van der Waals surface area contributed by atoms with E-state index < -0.39 is 13.4 Å². The molecular weight excluding hydrogens is 197 g/mol. The van der Waals surface area contributed by atoms with Crippen molar-refractivity contribution < 1.29 is 21.5 Å². The van der Waals surface area contributed by atoms with Crippen molar-refractivity contribution in [1.29, 1.82) is 0 Å². The first-order valence-electron chi connectivity index (χ1n) is 1.55. The molecule has 7 N–H and O–H groups in total. The van der Waals surface area contributed by atoms with Gasteiger partial charge < -0.3 is 0 Å². The normalized spacial score (nSPS) is 9.11. The Hall–Kier alpha value is -0.691. The van der Waals surface area contributed by atoms with E-state index in [2.05, 4.69) is 16.9 Å². The van der Waals surface area contributed by atoms with Crippen LogP contribution in [0, 0.1) is 0 Å². The molecule has 0 aromatic rings. The van der Waals surface area contributed by atoms with E-state index in [1.807, 2.05) is 0 Å². The number of guanidine groups is 1. The molecular formula is CH7N3O4Se. The molecule has 0 amide bonds. The van der Waals surface area contributed by atoms with Crippen LogP contribution in [0.5, 0.6) is 0 Å². The van der Waals surface area contributed by atoms with E-state index in [1.54, 1.807) is 0 Å². The van der Waals surface area contributed by atoms with Crippen molar-refractivity contribution in [3.63, 3.8) is 0 Å². The molecule has 0 rings (SSSR count). The van der Waals surface area contributed by atoms with Gasteiger partial charge in [-0.15, -0.1) is 0 Å². The van der Waals surface area contributed by atoms with Gasteiger partial charge in [0.15, 0.2) is 0 Å². The van der Waals surface area contributed by atoms with Gasteiger partial charge >= 0.3 is 35.4 Å². The molecule has 0 saturated heterocycles. The monoisotopic (exact) mass is 205 g/mol. The second-order valence-corrected chi connectivity index (χ2v) is 2.72. The summed E-state index contributed by atoms with van der Waals surface area (Å²) in [6.45, 7) is 0. The first-order chi connectivity index (χ1) is 3.73. The molecule has 0 saturated carbocycles. The molecule has 7 nitrogen and oxygen atoms in total. The van der Waals surface area contributed by atoms with Crippen molar-refractivity contribution in [3.8, 4) is 0 Å². The third kappa shape index (κ3) is 432. The van der Waals surface area contributed by atoms with Gasteiger partial charge in [0.1, 0.15) is 0 Å². The molecule has 0 unspecified atom stereocenters. The Morgan fingerprint density at radius 2 is 1.56 bits per heavy atom. The fraction of sp³-hybridized carbons (Fsp3) is 0. The number of hydrogen-bond donors (Lipinski definition) is 4. The summed E-state index contributed by atoms with van der Waals surface area (Å²) >= 11 is -5.50. The third-order valence-electron chi connectivity index (χ3n) is 0. The maximum absolute atomic E-state index is 8.70. The van der Waals surface area contributed by atoms with Crippen LogP contribution >= 0.6 is 0 Å². The summed E-state index contributed by atoms with van der Waals surface area (Å²) in [4.78, 5) is 0. The topological polar surface area (TPSA) is 155 Å². The summed E-state index contributed by atoms with van der Waals surface area (Å²) in [7, 11) is 0. The Bertz CT molecular complexity index is 158. The van der Waals surface area contributed by atoms with Gasteiger partial charge in [-0.05, 0) is 0 Å². The molecule has 0 bridgehead atoms. The fourth-order valence-electron chi connectivity index (χ4n) is 0. The predicted octanol–water partition coefficient (Wildman–Crippen LogP) is -5.35. The molecule has 0 fully saturated rings. The summed E-state index contributed by atoms with van der Waals surface area (Å²) in [5.74, 6) is -0.0833. The Morgan fingerprint density at radius 1 is 1.56 bits per heavy atom. The van der Waals surface area contributed by atoms with Crippen LogP contribution in [0.3, 0.4) is 0 Å². The maximum atomic E-state index is 8.70. The van der Waals surface area contributed by atoms with Crippen molar-refractivity contribution in [1.82, 2.24) is 0 Å². The van der Waals surface area contributed by atoms with Gasteiger partial charge in [-0.2, -0.15) is 0 Å². The first-order valence-corrected chi connectivity index (χ1v) is 4.41. The predicted molar refractivity (Wildman–Crippen MR) is 24.7 cm³/mol. The quantitative estimate of drug-likeness (QED) is 0.175. The first kappa shape index (κ1) is 11.2. The number of hydrogen-bond acceptors (Lipinski definition) is 3. The van der Waals surface area contributed by atoms with Crippen molar-refractivity contribution >= 4 is 19.3 Å². The third-order valence-corrected chi connectivity index (χ3v) is 0. The summed E-state index contributed by atoms with van der Waals surface area (Å²) in [5.41, 5.74) is 9.17. The van der Waals surface area contributed by atoms with E-state index in [1.165, 1.54) is 0 Å². The molecule has 8 heteroatoms. The van der Waals surface area contributed by atoms with Crippen LogP contribution in [0.25, 0.3) is 0 Å². The van der Waals surface area contributed by atoms with Gasteiger partial charge in [-0.1, -0.05) is 0 Å². The Morgan fingerprint density at radius 3 is 1.56 bits per heavy atom. The van der Waals surface area contributed by atoms with Crippen LogP contribution in [-0.4, -0.2) is 23.5 Å². The molecule has 0 spiro atoms. The van der Waals surface area contributed by atoms with Crippen molar-refractivity contribution in [2.24, 2.45) is 11.5 Å². The van der Waals surface area contributed by atoms with E-state index in [0.29, 0.717) is 0 Å². The molecule has 9 heavy (non-hydrogen) atoms. The van der Waals surface area contributed by atoms with Crippen molar-refractivity contribution in [3.05, 3.63) is 0 Å². The van der Waals surface area contributed by atoms with Crippen LogP contribution in [0.2, 0.25) is 0 Å². The number of rotatable bonds is 0. The van der Waals surface area contributed by atoms with Crippen LogP contribution in [0.15, 0.2) is 0 Å². The zero-order valence-electron chi connectivity index (χ0n) is 4.31. The van der Waals surface area contributed by atoms with Gasteiger partial charge in [-0.3, -0.25) is 16.9 Å². The van der Waals surface area contributed by atoms with E-state index in [9.17, 15) is 0 Å². The summed E-state index contributed by atoms with van der Waals surface area (Å²) < 4.78 is 33.1. The molecule has 0 aliphatic carbocycles. The fourth-order valence-corrected chi connectivity index (χ4v) is 0. The minimum atomic E-state index is -5.50. The summed E-state index contributed by atoms with van der Waals surface area (Å²) in [6.07, 6.45) is 0. The second kappa shape index (κ2) is 4.21. The van der Waals surface area contributed by atoms with Crippen molar-refractivity contribution in [2.75, 3.05) is 0 Å². The molecule has 0 atom stereocenters. The van der Waals surface area contributed by atoms with Crippen LogP contribution < -0.4 is 21.1 Å². The molecule has 0 heterocycles. The average Bonchev–Trinajstić information content (AvgIpc) is 1.19. The Kier molecular flexibility index (Phi) is 5.22. The van der Waals surface area contributed by atoms with E-state index >= 15 is 0 Å². The van der Waals surface area contributed by atoms with Crippen LogP contribution in [0.4, 0.5) is 0 Å². The van der Waals surface area contributed by atoms with Gasteiger partial charge in [0, 0.05) is 0 Å². The molecule has 0 aliphatic heterocycles. The molecule has 0 radical (unpaired) electrons. The Labute approximate surface area is 53.1 Å². The zero-order chi connectivity index (χ0) is 8.08. The molecule has 0 aliphatic rings. The molecule has 0 aromatic heterocycles. The average molecular weight is 204 g/mol. The molecule has 56 valence electrons. The van der Waals surface area contributed by atoms with Gasteiger partial charge in [0.2, 0.25) is 0 Å². The SMILES string of the molecule is NC(N)=[NH2+].O=[Se](=O)([O-])O. The van der Waals surface area contributed by atoms with Gasteiger partial charge in [0.25, 0.3) is 0 Å². The zero-order valence-corrected chi connectivity index (χ0v) is 6.03. The van der Waals surface area contributed by atoms with Crippen LogP contribution in [0.1, 0.15) is 0 Å². The number of nitrogens with two attached hydrogens (primary N) is 3. The minimum absolute atomic E-state index is 0.0833. The van der Waals surface area contributed by atoms with E-state index in [4.69, 9.17) is 16.0 Å². The summed E-state index contributed by atoms with van der Waals surface area (Å²) in [6, 6.07) is 0.